The summed E-state index contributed by atoms with van der Waals surface area (Å²) in [5.74, 6) is 0.354. The van der Waals surface area contributed by atoms with Gasteiger partial charge in [0, 0.05) is 14.2 Å². The number of nitrogens with two attached hydrogens (primary N) is 1. The molecule has 1 aromatic rings. The number of nitrogens with one attached hydrogen (secondary N) is 1. The van der Waals surface area contributed by atoms with E-state index in [4.69, 9.17) is 36.3 Å². The lowest BCUT2D eigenvalue weighted by molar-refractivity contribution is 0.00683. The zero-order chi connectivity index (χ0) is 17.1. The van der Waals surface area contributed by atoms with Crippen LogP contribution in [0.2, 0.25) is 5.15 Å². The van der Waals surface area contributed by atoms with Gasteiger partial charge in [0.25, 0.3) is 0 Å². The van der Waals surface area contributed by atoms with Crippen molar-refractivity contribution in [2.24, 2.45) is 0 Å². The molecule has 0 fully saturated rings. The molecule has 0 saturated carbocycles. The molecule has 132 valence electrons. The van der Waals surface area contributed by atoms with Crippen LogP contribution in [0.4, 0.5) is 11.8 Å². The maximum absolute atomic E-state index is 5.72. The topological polar surface area (TPSA) is 114 Å². The molecule has 3 N–H and O–H groups in total. The summed E-state index contributed by atoms with van der Waals surface area (Å²) >= 11 is 5.72. The number of nitrogens with zero attached hydrogens (tertiary/aromatic N) is 3. The molecule has 0 radical (unpaired) electrons. The lowest BCUT2D eigenvalue weighted by Gasteiger charge is -2.30. The Bertz CT molecular complexity index is 454. The van der Waals surface area contributed by atoms with Gasteiger partial charge in [0.2, 0.25) is 5.95 Å². The number of halogens is 1. The fourth-order valence-electron chi connectivity index (χ4n) is 1.64. The van der Waals surface area contributed by atoms with Gasteiger partial charge in [-0.3, -0.25) is 0 Å². The second kappa shape index (κ2) is 10.5. The van der Waals surface area contributed by atoms with E-state index in [0.717, 1.165) is 0 Å². The van der Waals surface area contributed by atoms with Crippen molar-refractivity contribution in [3.8, 4) is 0 Å². The normalized spacial score (nSPS) is 11.7. The van der Waals surface area contributed by atoms with Gasteiger partial charge >= 0.3 is 0 Å². The van der Waals surface area contributed by atoms with Crippen molar-refractivity contribution in [1.82, 2.24) is 15.2 Å². The molecule has 0 spiro atoms. The minimum Gasteiger partial charge on any atom is -0.382 e. The van der Waals surface area contributed by atoms with E-state index in [2.05, 4.69) is 20.5 Å². The summed E-state index contributed by atoms with van der Waals surface area (Å²) in [5.41, 5.74) is 5.06. The second-order valence-electron chi connectivity index (χ2n) is 5.09. The minimum atomic E-state index is -0.580. The predicted octanol–water partition coefficient (Wildman–Crippen LogP) is 0.604. The SMILES string of the molecule is COCCOCC(C)(COCCOC)Nc1nnc(Cl)c(N)n1. The third kappa shape index (κ3) is 7.71. The number of methoxy groups -OCH3 is 2. The van der Waals surface area contributed by atoms with Crippen LogP contribution in [-0.2, 0) is 18.9 Å². The van der Waals surface area contributed by atoms with Crippen LogP contribution in [-0.4, -0.2) is 74.6 Å². The number of hydrogen-bond donors (Lipinski definition) is 2. The van der Waals surface area contributed by atoms with E-state index in [9.17, 15) is 0 Å². The third-order valence-corrected chi connectivity index (χ3v) is 3.06. The molecular formula is C13H24ClN5O4. The molecule has 0 unspecified atom stereocenters. The predicted molar refractivity (Wildman–Crippen MR) is 86.7 cm³/mol. The number of ether oxygens (including phenoxy) is 4. The summed E-state index contributed by atoms with van der Waals surface area (Å²) in [4.78, 5) is 4.05. The molecule has 10 heteroatoms. The van der Waals surface area contributed by atoms with Crippen molar-refractivity contribution in [2.75, 3.05) is 64.9 Å². The van der Waals surface area contributed by atoms with Crippen molar-refractivity contribution in [1.29, 1.82) is 0 Å². The quantitative estimate of drug-likeness (QED) is 0.523. The average Bonchev–Trinajstić information content (AvgIpc) is 2.52. The molecule has 1 heterocycles. The monoisotopic (exact) mass is 349 g/mol. The van der Waals surface area contributed by atoms with Gasteiger partial charge in [-0.25, -0.2) is 0 Å². The highest BCUT2D eigenvalue weighted by molar-refractivity contribution is 6.31. The lowest BCUT2D eigenvalue weighted by atomic mass is 10.1. The molecule has 0 aliphatic carbocycles. The molecule has 23 heavy (non-hydrogen) atoms. The van der Waals surface area contributed by atoms with Crippen LogP contribution >= 0.6 is 11.6 Å². The van der Waals surface area contributed by atoms with Gasteiger partial charge in [-0.2, -0.15) is 4.98 Å². The van der Waals surface area contributed by atoms with Gasteiger partial charge in [-0.15, -0.1) is 10.2 Å². The number of nitrogen functional groups attached to an aromatic ring is 1. The molecule has 0 saturated heterocycles. The van der Waals surface area contributed by atoms with Crippen LogP contribution < -0.4 is 11.1 Å². The Kier molecular flexibility index (Phi) is 9.03. The fraction of sp³-hybridized carbons (Fsp3) is 0.769. The van der Waals surface area contributed by atoms with Crippen molar-refractivity contribution in [3.05, 3.63) is 5.15 Å². The van der Waals surface area contributed by atoms with Gasteiger partial charge in [0.1, 0.15) is 0 Å². The largest absolute Gasteiger partial charge is 0.382 e. The van der Waals surface area contributed by atoms with E-state index < -0.39 is 5.54 Å². The van der Waals surface area contributed by atoms with Crippen LogP contribution in [0.15, 0.2) is 0 Å². The molecule has 0 bridgehead atoms. The van der Waals surface area contributed by atoms with Crippen LogP contribution in [0.25, 0.3) is 0 Å². The highest BCUT2D eigenvalue weighted by Gasteiger charge is 2.26. The summed E-state index contributed by atoms with van der Waals surface area (Å²) in [5, 5.41) is 10.8. The van der Waals surface area contributed by atoms with E-state index in [1.165, 1.54) is 0 Å². The summed E-state index contributed by atoms with van der Waals surface area (Å²) in [6, 6.07) is 0. The van der Waals surface area contributed by atoms with E-state index in [-0.39, 0.29) is 16.9 Å². The van der Waals surface area contributed by atoms with Gasteiger partial charge in [-0.1, -0.05) is 11.6 Å². The standard InChI is InChI=1S/C13H24ClN5O4/c1-13(8-22-6-4-20-2,9-23-7-5-21-3)17-12-16-11(15)10(14)18-19-12/h4-9H2,1-3H3,(H3,15,16,17,19). The molecule has 1 rings (SSSR count). The van der Waals surface area contributed by atoms with Crippen molar-refractivity contribution in [3.63, 3.8) is 0 Å². The zero-order valence-corrected chi connectivity index (χ0v) is 14.4. The van der Waals surface area contributed by atoms with E-state index >= 15 is 0 Å². The Morgan fingerprint density at radius 2 is 1.61 bits per heavy atom. The first kappa shape index (κ1) is 19.8. The van der Waals surface area contributed by atoms with E-state index in [0.29, 0.717) is 39.6 Å². The fourth-order valence-corrected chi connectivity index (χ4v) is 1.72. The molecule has 9 nitrogen and oxygen atoms in total. The Morgan fingerprint density at radius 3 is 2.09 bits per heavy atom. The first-order valence-electron chi connectivity index (χ1n) is 7.08. The summed E-state index contributed by atoms with van der Waals surface area (Å²) in [7, 11) is 3.23. The van der Waals surface area contributed by atoms with Crippen LogP contribution in [0.1, 0.15) is 6.92 Å². The molecule has 0 atom stereocenters. The zero-order valence-electron chi connectivity index (χ0n) is 13.7. The molecule has 0 amide bonds. The molecule has 0 aliphatic rings. The minimum absolute atomic E-state index is 0.0601. The number of anilines is 2. The van der Waals surface area contributed by atoms with E-state index in [1.807, 2.05) is 6.92 Å². The maximum atomic E-state index is 5.72. The Hall–Kier alpha value is -1.26. The first-order chi connectivity index (χ1) is 11.0. The Balaban J connectivity index is 2.65. The van der Waals surface area contributed by atoms with Gasteiger partial charge in [-0.05, 0) is 6.92 Å². The third-order valence-electron chi connectivity index (χ3n) is 2.79. The summed E-state index contributed by atoms with van der Waals surface area (Å²) in [6.45, 7) is 4.58. The average molecular weight is 350 g/mol. The van der Waals surface area contributed by atoms with Crippen LogP contribution in [0.3, 0.4) is 0 Å². The van der Waals surface area contributed by atoms with Crippen LogP contribution in [0.5, 0.6) is 0 Å². The van der Waals surface area contributed by atoms with E-state index in [1.54, 1.807) is 14.2 Å². The van der Waals surface area contributed by atoms with Crippen molar-refractivity contribution >= 4 is 23.4 Å². The smallest absolute Gasteiger partial charge is 0.245 e. The van der Waals surface area contributed by atoms with Gasteiger partial charge in [0.05, 0.1) is 45.2 Å². The van der Waals surface area contributed by atoms with Crippen molar-refractivity contribution < 1.29 is 18.9 Å². The number of aromatic nitrogens is 3. The molecule has 1 aromatic heterocycles. The first-order valence-corrected chi connectivity index (χ1v) is 7.46. The maximum Gasteiger partial charge on any atom is 0.245 e. The second-order valence-corrected chi connectivity index (χ2v) is 5.45. The summed E-state index contributed by atoms with van der Waals surface area (Å²) < 4.78 is 21.1. The van der Waals surface area contributed by atoms with Crippen molar-refractivity contribution in [2.45, 2.75) is 12.5 Å². The van der Waals surface area contributed by atoms with Gasteiger partial charge in [0.15, 0.2) is 11.0 Å². The highest BCUT2D eigenvalue weighted by Crippen LogP contribution is 2.17. The van der Waals surface area contributed by atoms with Crippen LogP contribution in [0, 0.1) is 0 Å². The Labute approximate surface area is 140 Å². The summed E-state index contributed by atoms with van der Waals surface area (Å²) in [6.07, 6.45) is 0. The highest BCUT2D eigenvalue weighted by atomic mass is 35.5. The van der Waals surface area contributed by atoms with Gasteiger partial charge < -0.3 is 30.0 Å². The number of rotatable bonds is 12. The number of hydrogen-bond acceptors (Lipinski definition) is 9. The molecule has 0 aliphatic heterocycles. The molecule has 0 aromatic carbocycles. The molecular weight excluding hydrogens is 326 g/mol. The Morgan fingerprint density at radius 1 is 1.04 bits per heavy atom. The lowest BCUT2D eigenvalue weighted by Crippen LogP contribution is -2.45.